The lowest BCUT2D eigenvalue weighted by atomic mass is 10.0. The molecule has 0 aliphatic rings. The Balaban J connectivity index is 3.29. The summed E-state index contributed by atoms with van der Waals surface area (Å²) in [6.45, 7) is 5.68. The number of hydrogen-bond donors (Lipinski definition) is 0. The second-order valence-electron chi connectivity index (χ2n) is 5.49. The van der Waals surface area contributed by atoms with E-state index in [2.05, 4.69) is 22.6 Å². The third kappa shape index (κ3) is 5.66. The Morgan fingerprint density at radius 3 is 2.46 bits per heavy atom. The lowest BCUT2D eigenvalue weighted by molar-refractivity contribution is -0.138. The number of esters is 1. The number of ether oxygens (including phenoxy) is 2. The van der Waals surface area contributed by atoms with Crippen LogP contribution < -0.4 is 4.74 Å². The molecule has 0 spiro atoms. The lowest BCUT2D eigenvalue weighted by Gasteiger charge is -2.15. The van der Waals surface area contributed by atoms with Gasteiger partial charge in [-0.15, -0.1) is 0 Å². The van der Waals surface area contributed by atoms with Gasteiger partial charge in [-0.2, -0.15) is 0 Å². The van der Waals surface area contributed by atoms with Crippen LogP contribution in [0.15, 0.2) is 23.9 Å². The summed E-state index contributed by atoms with van der Waals surface area (Å²) in [4.78, 5) is 26.5. The number of carbonyl (C=O) groups excluding carboxylic acids is 2. The zero-order valence-corrected chi connectivity index (χ0v) is 17.3. The predicted molar refractivity (Wildman–Crippen MR) is 103 cm³/mol. The number of rotatable bonds is 7. The van der Waals surface area contributed by atoms with Gasteiger partial charge in [-0.25, -0.2) is 4.79 Å². The molecule has 132 valence electrons. The molecule has 0 atom stereocenters. The summed E-state index contributed by atoms with van der Waals surface area (Å²) in [7, 11) is 3.44. The van der Waals surface area contributed by atoms with Crippen molar-refractivity contribution in [3.8, 4) is 5.75 Å². The van der Waals surface area contributed by atoms with Crippen LogP contribution in [-0.4, -0.2) is 43.5 Å². The van der Waals surface area contributed by atoms with Crippen molar-refractivity contribution in [2.75, 3.05) is 20.7 Å². The van der Waals surface area contributed by atoms with Crippen LogP contribution in [0.1, 0.15) is 31.1 Å². The van der Waals surface area contributed by atoms with Crippen LogP contribution in [0, 0.1) is 3.57 Å². The number of nitrogens with zero attached hydrogens (tertiary/aromatic N) is 1. The third-order valence-electron chi connectivity index (χ3n) is 2.76. The lowest BCUT2D eigenvalue weighted by Crippen LogP contribution is -2.20. The standard InChI is InChI=1S/C17H21ClINO4/c1-6-23-17(22)12(9-20(4)5)16(21)11-7-14(19)15(8-13(11)18)24-10(2)3/h7-10H,6H2,1-5H3. The highest BCUT2D eigenvalue weighted by Crippen LogP contribution is 2.31. The van der Waals surface area contributed by atoms with Crippen molar-refractivity contribution in [1.82, 2.24) is 4.90 Å². The van der Waals surface area contributed by atoms with Crippen LogP contribution in [0.25, 0.3) is 0 Å². The highest BCUT2D eigenvalue weighted by atomic mass is 127. The fourth-order valence-electron chi connectivity index (χ4n) is 1.86. The minimum atomic E-state index is -0.676. The summed E-state index contributed by atoms with van der Waals surface area (Å²) >= 11 is 8.32. The van der Waals surface area contributed by atoms with Crippen molar-refractivity contribution in [3.05, 3.63) is 38.1 Å². The second-order valence-corrected chi connectivity index (χ2v) is 7.05. The maximum atomic E-state index is 12.8. The molecule has 0 saturated carbocycles. The first-order valence-corrected chi connectivity index (χ1v) is 8.88. The van der Waals surface area contributed by atoms with E-state index in [1.54, 1.807) is 38.1 Å². The number of hydrogen-bond acceptors (Lipinski definition) is 5. The average Bonchev–Trinajstić information content (AvgIpc) is 2.47. The summed E-state index contributed by atoms with van der Waals surface area (Å²) < 4.78 is 11.4. The van der Waals surface area contributed by atoms with Gasteiger partial charge in [0.25, 0.3) is 0 Å². The van der Waals surface area contributed by atoms with E-state index < -0.39 is 11.8 Å². The van der Waals surface area contributed by atoms with E-state index in [0.29, 0.717) is 5.75 Å². The number of Topliss-reactive ketones (excluding diaryl/α,β-unsaturated/α-hetero) is 1. The molecule has 1 rings (SSSR count). The van der Waals surface area contributed by atoms with Gasteiger partial charge in [-0.3, -0.25) is 4.79 Å². The zero-order chi connectivity index (χ0) is 18.4. The normalized spacial score (nSPS) is 11.4. The van der Waals surface area contributed by atoms with Crippen LogP contribution in [0.2, 0.25) is 5.02 Å². The molecule has 0 aromatic heterocycles. The largest absolute Gasteiger partial charge is 0.490 e. The molecule has 0 bridgehead atoms. The van der Waals surface area contributed by atoms with Crippen LogP contribution in [0.4, 0.5) is 0 Å². The number of ketones is 1. The molecular weight excluding hydrogens is 445 g/mol. The van der Waals surface area contributed by atoms with Gasteiger partial charge in [0.15, 0.2) is 0 Å². The van der Waals surface area contributed by atoms with Gasteiger partial charge in [0.05, 0.1) is 21.3 Å². The van der Waals surface area contributed by atoms with E-state index in [9.17, 15) is 9.59 Å². The summed E-state index contributed by atoms with van der Waals surface area (Å²) in [6.07, 6.45) is 1.42. The molecule has 0 aliphatic carbocycles. The first kappa shape index (κ1) is 20.8. The smallest absolute Gasteiger partial charge is 0.343 e. The topological polar surface area (TPSA) is 55.8 Å². The van der Waals surface area contributed by atoms with Crippen LogP contribution in [0.3, 0.4) is 0 Å². The van der Waals surface area contributed by atoms with Crippen molar-refractivity contribution in [2.45, 2.75) is 26.9 Å². The minimum absolute atomic E-state index is 0.0140. The van der Waals surface area contributed by atoms with Crippen LogP contribution in [-0.2, 0) is 9.53 Å². The quantitative estimate of drug-likeness (QED) is 0.153. The Bertz CT molecular complexity index is 656. The Labute approximate surface area is 161 Å². The van der Waals surface area contributed by atoms with Gasteiger partial charge in [-0.05, 0) is 49.4 Å². The summed E-state index contributed by atoms with van der Waals surface area (Å²) in [6, 6.07) is 3.21. The van der Waals surface area contributed by atoms with E-state index in [1.807, 2.05) is 13.8 Å². The molecule has 0 aliphatic heterocycles. The highest BCUT2D eigenvalue weighted by molar-refractivity contribution is 14.1. The van der Waals surface area contributed by atoms with E-state index in [-0.39, 0.29) is 28.9 Å². The molecule has 1 aromatic rings. The summed E-state index contributed by atoms with van der Waals surface area (Å²) in [5.41, 5.74) is 0.162. The molecule has 0 saturated heterocycles. The highest BCUT2D eigenvalue weighted by Gasteiger charge is 2.25. The molecule has 0 N–H and O–H groups in total. The van der Waals surface area contributed by atoms with E-state index in [4.69, 9.17) is 21.1 Å². The fourth-order valence-corrected chi connectivity index (χ4v) is 2.70. The predicted octanol–water partition coefficient (Wildman–Crippen LogP) is 3.92. The van der Waals surface area contributed by atoms with E-state index in [1.165, 1.54) is 6.20 Å². The average molecular weight is 466 g/mol. The molecule has 7 heteroatoms. The van der Waals surface area contributed by atoms with Crippen molar-refractivity contribution in [2.24, 2.45) is 0 Å². The van der Waals surface area contributed by atoms with Crippen molar-refractivity contribution in [3.63, 3.8) is 0 Å². The minimum Gasteiger partial charge on any atom is -0.490 e. The van der Waals surface area contributed by atoms with Gasteiger partial charge in [-0.1, -0.05) is 11.6 Å². The Morgan fingerprint density at radius 2 is 1.96 bits per heavy atom. The molecule has 0 radical (unpaired) electrons. The number of carbonyl (C=O) groups is 2. The van der Waals surface area contributed by atoms with E-state index in [0.717, 1.165) is 3.57 Å². The van der Waals surface area contributed by atoms with Gasteiger partial charge in [0.1, 0.15) is 11.3 Å². The molecule has 24 heavy (non-hydrogen) atoms. The van der Waals surface area contributed by atoms with Crippen molar-refractivity contribution in [1.29, 1.82) is 0 Å². The molecular formula is C17H21ClINO4. The molecule has 5 nitrogen and oxygen atoms in total. The fraction of sp³-hybridized carbons (Fsp3) is 0.412. The molecule has 0 heterocycles. The monoisotopic (exact) mass is 465 g/mol. The van der Waals surface area contributed by atoms with Crippen molar-refractivity contribution >= 4 is 45.9 Å². The van der Waals surface area contributed by atoms with Gasteiger partial charge in [0, 0.05) is 31.9 Å². The molecule has 1 aromatic carbocycles. The van der Waals surface area contributed by atoms with Gasteiger partial charge >= 0.3 is 5.97 Å². The Morgan fingerprint density at radius 1 is 1.33 bits per heavy atom. The maximum Gasteiger partial charge on any atom is 0.343 e. The third-order valence-corrected chi connectivity index (χ3v) is 3.91. The Hall–Kier alpha value is -1.28. The number of halogens is 2. The molecule has 0 amide bonds. The first-order valence-electron chi connectivity index (χ1n) is 7.43. The zero-order valence-electron chi connectivity index (χ0n) is 14.4. The van der Waals surface area contributed by atoms with Gasteiger partial charge in [0.2, 0.25) is 5.78 Å². The SMILES string of the molecule is CCOC(=O)C(=CN(C)C)C(=O)c1cc(I)c(OC(C)C)cc1Cl. The summed E-state index contributed by atoms with van der Waals surface area (Å²) in [5.74, 6) is -0.563. The molecule has 0 fully saturated rings. The van der Waals surface area contributed by atoms with Crippen molar-refractivity contribution < 1.29 is 19.1 Å². The second kappa shape index (κ2) is 9.27. The Kier molecular flexibility index (Phi) is 8.02. The van der Waals surface area contributed by atoms with Crippen LogP contribution >= 0.6 is 34.2 Å². The first-order chi connectivity index (χ1) is 11.2. The number of benzene rings is 1. The van der Waals surface area contributed by atoms with E-state index >= 15 is 0 Å². The summed E-state index contributed by atoms with van der Waals surface area (Å²) in [5, 5.41) is 0.227. The molecule has 0 unspecified atom stereocenters. The maximum absolute atomic E-state index is 12.8. The van der Waals surface area contributed by atoms with Gasteiger partial charge < -0.3 is 14.4 Å². The van der Waals surface area contributed by atoms with Crippen LogP contribution in [0.5, 0.6) is 5.75 Å².